The van der Waals surface area contributed by atoms with Gasteiger partial charge in [0.2, 0.25) is 0 Å². The molecule has 1 heterocycles. The van der Waals surface area contributed by atoms with Gasteiger partial charge in [-0.25, -0.2) is 0 Å². The second-order valence-corrected chi connectivity index (χ2v) is 5.45. The molecule has 0 bridgehead atoms. The maximum absolute atomic E-state index is 3.55. The number of aromatic nitrogens is 1. The Labute approximate surface area is 107 Å². The van der Waals surface area contributed by atoms with Gasteiger partial charge in [-0.1, -0.05) is 24.3 Å². The zero-order valence-electron chi connectivity index (χ0n) is 10.7. The number of hydrogen-bond donors (Lipinski definition) is 1. The molecular weight excluding hydrogens is 218 g/mol. The van der Waals surface area contributed by atoms with Crippen molar-refractivity contribution in [2.45, 2.75) is 32.6 Å². The lowest BCUT2D eigenvalue weighted by Gasteiger charge is -2.19. The van der Waals surface area contributed by atoms with Gasteiger partial charge in [-0.3, -0.25) is 0 Å². The molecule has 0 aliphatic heterocycles. The highest BCUT2D eigenvalue weighted by atomic mass is 14.7. The lowest BCUT2D eigenvalue weighted by molar-refractivity contribution is 0.694. The summed E-state index contributed by atoms with van der Waals surface area (Å²) in [5.41, 5.74) is 5.81. The van der Waals surface area contributed by atoms with E-state index in [-0.39, 0.29) is 0 Å². The summed E-state index contributed by atoms with van der Waals surface area (Å²) in [4.78, 5) is 3.55. The predicted octanol–water partition coefficient (Wildman–Crippen LogP) is 4.51. The molecule has 0 unspecified atom stereocenters. The fraction of sp³-hybridized carbons (Fsp3) is 0.294. The van der Waals surface area contributed by atoms with Gasteiger partial charge in [-0.15, -0.1) is 0 Å². The molecule has 2 aromatic carbocycles. The van der Waals surface area contributed by atoms with Gasteiger partial charge >= 0.3 is 0 Å². The predicted molar refractivity (Wildman–Crippen MR) is 77.2 cm³/mol. The Kier molecular flexibility index (Phi) is 2.05. The minimum absolute atomic E-state index is 1.24. The van der Waals surface area contributed by atoms with Crippen molar-refractivity contribution in [3.63, 3.8) is 0 Å². The van der Waals surface area contributed by atoms with Crippen LogP contribution >= 0.6 is 0 Å². The van der Waals surface area contributed by atoms with Crippen molar-refractivity contribution in [2.24, 2.45) is 0 Å². The highest BCUT2D eigenvalue weighted by Crippen LogP contribution is 2.36. The molecule has 0 radical (unpaired) electrons. The van der Waals surface area contributed by atoms with Crippen molar-refractivity contribution in [3.8, 4) is 0 Å². The Hall–Kier alpha value is -1.76. The first-order valence-electron chi connectivity index (χ1n) is 6.86. The van der Waals surface area contributed by atoms with Gasteiger partial charge in [-0.05, 0) is 55.2 Å². The van der Waals surface area contributed by atoms with Gasteiger partial charge in [-0.2, -0.15) is 0 Å². The average Bonchev–Trinajstić information content (AvgIpc) is 2.81. The zero-order chi connectivity index (χ0) is 12.1. The van der Waals surface area contributed by atoms with Crippen LogP contribution in [0, 0.1) is 6.92 Å². The normalized spacial score (nSPS) is 15.2. The number of aromatic amines is 1. The quantitative estimate of drug-likeness (QED) is 0.590. The fourth-order valence-corrected chi connectivity index (χ4v) is 3.50. The van der Waals surface area contributed by atoms with Crippen LogP contribution in [-0.2, 0) is 12.8 Å². The molecule has 0 saturated heterocycles. The molecule has 1 aromatic heterocycles. The second-order valence-electron chi connectivity index (χ2n) is 5.45. The van der Waals surface area contributed by atoms with E-state index < -0.39 is 0 Å². The van der Waals surface area contributed by atoms with Crippen LogP contribution in [-0.4, -0.2) is 4.98 Å². The van der Waals surface area contributed by atoms with E-state index in [9.17, 15) is 0 Å². The third-order valence-corrected chi connectivity index (χ3v) is 4.27. The standard InChI is InChI=1S/C17H17N/c1-11-10-16-14-8-3-2-6-12(14)13-7-4-5-9-15(13)17(16)18-11/h4-5,7,9-10,18H,2-3,6,8H2,1H3. The Bertz CT molecular complexity index is 749. The van der Waals surface area contributed by atoms with Crippen molar-refractivity contribution < 1.29 is 0 Å². The van der Waals surface area contributed by atoms with E-state index in [1.807, 2.05) is 0 Å². The number of H-pyrrole nitrogens is 1. The molecule has 1 N–H and O–H groups in total. The van der Waals surface area contributed by atoms with Crippen LogP contribution in [0.3, 0.4) is 0 Å². The average molecular weight is 235 g/mol. The van der Waals surface area contributed by atoms with E-state index in [4.69, 9.17) is 0 Å². The highest BCUT2D eigenvalue weighted by Gasteiger charge is 2.17. The molecule has 0 atom stereocenters. The minimum atomic E-state index is 1.24. The van der Waals surface area contributed by atoms with Crippen molar-refractivity contribution in [3.05, 3.63) is 47.2 Å². The van der Waals surface area contributed by atoms with Gasteiger partial charge < -0.3 is 4.98 Å². The first-order chi connectivity index (χ1) is 8.84. The molecule has 3 aromatic rings. The Balaban J connectivity index is 2.27. The number of nitrogens with one attached hydrogen (secondary N) is 1. The summed E-state index contributed by atoms with van der Waals surface area (Å²) < 4.78 is 0. The molecule has 1 nitrogen and oxygen atoms in total. The molecule has 0 fully saturated rings. The SMILES string of the molecule is Cc1cc2c3c(c4ccccc4c2[nH]1)CCCC3. The third kappa shape index (κ3) is 1.28. The monoisotopic (exact) mass is 235 g/mol. The van der Waals surface area contributed by atoms with E-state index in [0.717, 1.165) is 0 Å². The second kappa shape index (κ2) is 3.61. The molecule has 0 spiro atoms. The summed E-state index contributed by atoms with van der Waals surface area (Å²) in [6.45, 7) is 2.16. The molecule has 0 amide bonds. The van der Waals surface area contributed by atoms with Crippen LogP contribution in [0.2, 0.25) is 0 Å². The van der Waals surface area contributed by atoms with Crippen LogP contribution in [0.5, 0.6) is 0 Å². The fourth-order valence-electron chi connectivity index (χ4n) is 3.50. The lowest BCUT2D eigenvalue weighted by atomic mass is 9.85. The van der Waals surface area contributed by atoms with Crippen LogP contribution < -0.4 is 0 Å². The first kappa shape index (κ1) is 10.2. The zero-order valence-corrected chi connectivity index (χ0v) is 10.7. The molecule has 18 heavy (non-hydrogen) atoms. The topological polar surface area (TPSA) is 15.8 Å². The summed E-state index contributed by atoms with van der Waals surface area (Å²) in [6.07, 6.45) is 5.17. The summed E-state index contributed by atoms with van der Waals surface area (Å²) in [5.74, 6) is 0. The van der Waals surface area contributed by atoms with Gasteiger partial charge in [0.05, 0.1) is 5.52 Å². The van der Waals surface area contributed by atoms with Crippen LogP contribution in [0.15, 0.2) is 30.3 Å². The maximum atomic E-state index is 3.55. The van der Waals surface area contributed by atoms with Gasteiger partial charge in [0.1, 0.15) is 0 Å². The Morgan fingerprint density at radius 1 is 0.889 bits per heavy atom. The summed E-state index contributed by atoms with van der Waals surface area (Å²) in [5, 5.41) is 4.31. The van der Waals surface area contributed by atoms with Gasteiger partial charge in [0, 0.05) is 16.5 Å². The summed E-state index contributed by atoms with van der Waals surface area (Å²) >= 11 is 0. The van der Waals surface area contributed by atoms with Gasteiger partial charge in [0.15, 0.2) is 0 Å². The van der Waals surface area contributed by atoms with E-state index in [2.05, 4.69) is 42.2 Å². The molecule has 1 aliphatic carbocycles. The van der Waals surface area contributed by atoms with Crippen molar-refractivity contribution in [1.82, 2.24) is 4.98 Å². The highest BCUT2D eigenvalue weighted by molar-refractivity contribution is 6.09. The van der Waals surface area contributed by atoms with Gasteiger partial charge in [0.25, 0.3) is 0 Å². The molecule has 0 saturated carbocycles. The molecule has 1 aliphatic rings. The first-order valence-corrected chi connectivity index (χ1v) is 6.86. The largest absolute Gasteiger partial charge is 0.358 e. The van der Waals surface area contributed by atoms with Crippen LogP contribution in [0.1, 0.15) is 29.7 Å². The maximum Gasteiger partial charge on any atom is 0.0538 e. The van der Waals surface area contributed by atoms with E-state index >= 15 is 0 Å². The van der Waals surface area contributed by atoms with Crippen LogP contribution in [0.4, 0.5) is 0 Å². The Morgan fingerprint density at radius 2 is 1.56 bits per heavy atom. The van der Waals surface area contributed by atoms with E-state index in [1.165, 1.54) is 53.1 Å². The number of hydrogen-bond acceptors (Lipinski definition) is 0. The molecular formula is C17H17N. The van der Waals surface area contributed by atoms with E-state index in [0.29, 0.717) is 0 Å². The number of benzene rings is 2. The summed E-state index contributed by atoms with van der Waals surface area (Å²) in [6, 6.07) is 11.2. The molecule has 90 valence electrons. The lowest BCUT2D eigenvalue weighted by Crippen LogP contribution is -2.04. The summed E-state index contributed by atoms with van der Waals surface area (Å²) in [7, 11) is 0. The minimum Gasteiger partial charge on any atom is -0.358 e. The molecule has 4 rings (SSSR count). The van der Waals surface area contributed by atoms with Crippen LogP contribution in [0.25, 0.3) is 21.7 Å². The molecule has 1 heteroatoms. The van der Waals surface area contributed by atoms with Crippen molar-refractivity contribution >= 4 is 21.7 Å². The number of rotatable bonds is 0. The smallest absolute Gasteiger partial charge is 0.0538 e. The Morgan fingerprint density at radius 3 is 2.33 bits per heavy atom. The van der Waals surface area contributed by atoms with Crippen molar-refractivity contribution in [2.75, 3.05) is 0 Å². The third-order valence-electron chi connectivity index (χ3n) is 4.27. The van der Waals surface area contributed by atoms with Crippen molar-refractivity contribution in [1.29, 1.82) is 0 Å². The number of fused-ring (bicyclic) bond motifs is 6. The van der Waals surface area contributed by atoms with E-state index in [1.54, 1.807) is 11.1 Å². The number of aryl methyl sites for hydroxylation is 3.